The number of nitrogens with zero attached hydrogens (tertiary/aromatic N) is 2. The van der Waals surface area contributed by atoms with E-state index in [0.29, 0.717) is 6.42 Å². The molecule has 3 N–H and O–H groups in total. The number of methoxy groups -OCH3 is 1. The van der Waals surface area contributed by atoms with Crippen LogP contribution < -0.4 is 5.84 Å². The van der Waals surface area contributed by atoms with E-state index in [0.717, 1.165) is 0 Å². The van der Waals surface area contributed by atoms with Crippen molar-refractivity contribution in [2.45, 2.75) is 26.3 Å². The Bertz CT molecular complexity index is 303. The first-order valence-electron chi connectivity index (χ1n) is 5.69. The molecule has 0 bridgehead atoms. The summed E-state index contributed by atoms with van der Waals surface area (Å²) in [6.45, 7) is 4.00. The van der Waals surface area contributed by atoms with Gasteiger partial charge in [-0.1, -0.05) is 13.8 Å². The smallest absolute Gasteiger partial charge is 0.330 e. The maximum atomic E-state index is 11.4. The van der Waals surface area contributed by atoms with Gasteiger partial charge in [-0.15, -0.1) is 5.10 Å². The van der Waals surface area contributed by atoms with Crippen molar-refractivity contribution in [3.63, 3.8) is 0 Å². The van der Waals surface area contributed by atoms with E-state index < -0.39 is 12.0 Å². The number of aliphatic imine (C=N–C) groups is 1. The molecule has 0 saturated heterocycles. The van der Waals surface area contributed by atoms with Gasteiger partial charge in [0, 0.05) is 13.0 Å². The molecule has 7 nitrogen and oxygen atoms in total. The highest BCUT2D eigenvalue weighted by Crippen LogP contribution is 2.07. The SMILES string of the molecule is COC(=O)C(N=CC(=NN)OCCCO)C(C)C. The lowest BCUT2D eigenvalue weighted by Crippen LogP contribution is -2.27. The van der Waals surface area contributed by atoms with Gasteiger partial charge in [-0.2, -0.15) is 0 Å². The number of aliphatic hydroxyl groups is 1. The van der Waals surface area contributed by atoms with Gasteiger partial charge >= 0.3 is 5.97 Å². The van der Waals surface area contributed by atoms with Crippen LogP contribution in [0.5, 0.6) is 0 Å². The van der Waals surface area contributed by atoms with E-state index in [1.165, 1.54) is 13.3 Å². The van der Waals surface area contributed by atoms with E-state index in [4.69, 9.17) is 15.7 Å². The number of hydrogen-bond acceptors (Lipinski definition) is 7. The van der Waals surface area contributed by atoms with E-state index in [1.807, 2.05) is 13.8 Å². The van der Waals surface area contributed by atoms with Crippen molar-refractivity contribution in [3.8, 4) is 0 Å². The third-order valence-corrected chi connectivity index (χ3v) is 2.10. The lowest BCUT2D eigenvalue weighted by molar-refractivity contribution is -0.143. The van der Waals surface area contributed by atoms with Gasteiger partial charge < -0.3 is 20.4 Å². The highest BCUT2D eigenvalue weighted by molar-refractivity contribution is 6.26. The Morgan fingerprint density at radius 1 is 1.50 bits per heavy atom. The highest BCUT2D eigenvalue weighted by Gasteiger charge is 2.21. The van der Waals surface area contributed by atoms with Crippen molar-refractivity contribution in [3.05, 3.63) is 0 Å². The van der Waals surface area contributed by atoms with Crippen LogP contribution in [0.15, 0.2) is 10.1 Å². The summed E-state index contributed by atoms with van der Waals surface area (Å²) < 4.78 is 9.78. The Kier molecular flexibility index (Phi) is 8.55. The number of esters is 1. The Balaban J connectivity index is 4.49. The van der Waals surface area contributed by atoms with E-state index in [1.54, 1.807) is 0 Å². The Labute approximate surface area is 107 Å². The van der Waals surface area contributed by atoms with E-state index in [9.17, 15) is 4.79 Å². The minimum Gasteiger partial charge on any atom is -0.476 e. The van der Waals surface area contributed by atoms with Gasteiger partial charge in [-0.05, 0) is 5.92 Å². The Morgan fingerprint density at radius 3 is 2.61 bits per heavy atom. The minimum absolute atomic E-state index is 0.00911. The quantitative estimate of drug-likeness (QED) is 0.166. The van der Waals surface area contributed by atoms with Crippen LogP contribution in [0.25, 0.3) is 0 Å². The Morgan fingerprint density at radius 2 is 2.17 bits per heavy atom. The van der Waals surface area contributed by atoms with E-state index in [2.05, 4.69) is 14.8 Å². The molecule has 0 radical (unpaired) electrons. The molecule has 104 valence electrons. The molecule has 0 aliphatic heterocycles. The molecule has 0 aliphatic carbocycles. The van der Waals surface area contributed by atoms with Crippen molar-refractivity contribution >= 4 is 18.1 Å². The highest BCUT2D eigenvalue weighted by atomic mass is 16.5. The predicted molar refractivity (Wildman–Crippen MR) is 68.4 cm³/mol. The fraction of sp³-hybridized carbons (Fsp3) is 0.727. The zero-order valence-electron chi connectivity index (χ0n) is 11.0. The third-order valence-electron chi connectivity index (χ3n) is 2.10. The molecule has 0 amide bonds. The molecule has 0 aliphatic rings. The molecule has 0 heterocycles. The van der Waals surface area contributed by atoms with Gasteiger partial charge in [0.25, 0.3) is 0 Å². The minimum atomic E-state index is -0.617. The van der Waals surface area contributed by atoms with Crippen LogP contribution >= 0.6 is 0 Å². The average Bonchev–Trinajstić information content (AvgIpc) is 2.36. The molecule has 0 aromatic heterocycles. The molecular weight excluding hydrogens is 238 g/mol. The molecule has 0 saturated carbocycles. The van der Waals surface area contributed by atoms with Crippen LogP contribution in [0.1, 0.15) is 20.3 Å². The molecule has 0 rings (SSSR count). The molecule has 0 aromatic carbocycles. The van der Waals surface area contributed by atoms with E-state index >= 15 is 0 Å². The molecule has 1 unspecified atom stereocenters. The number of hydrazone groups is 1. The molecular formula is C11H21N3O4. The largest absolute Gasteiger partial charge is 0.476 e. The fourth-order valence-corrected chi connectivity index (χ4v) is 1.12. The van der Waals surface area contributed by atoms with Crippen LogP contribution in [-0.4, -0.2) is 49.6 Å². The third kappa shape index (κ3) is 6.19. The van der Waals surface area contributed by atoms with Gasteiger partial charge in [0.15, 0.2) is 0 Å². The summed E-state index contributed by atoms with van der Waals surface area (Å²) in [7, 11) is 1.31. The number of ether oxygens (including phenoxy) is 2. The number of carbonyl (C=O) groups is 1. The average molecular weight is 259 g/mol. The summed E-state index contributed by atoms with van der Waals surface area (Å²) >= 11 is 0. The van der Waals surface area contributed by atoms with Gasteiger partial charge in [0.05, 0.1) is 19.9 Å². The van der Waals surface area contributed by atoms with Gasteiger partial charge in [-0.25, -0.2) is 4.79 Å². The lowest BCUT2D eigenvalue weighted by Gasteiger charge is -2.13. The molecule has 18 heavy (non-hydrogen) atoms. The fourth-order valence-electron chi connectivity index (χ4n) is 1.12. The topological polar surface area (TPSA) is 106 Å². The van der Waals surface area contributed by atoms with Crippen LogP contribution in [0.4, 0.5) is 0 Å². The number of hydrogen-bond donors (Lipinski definition) is 2. The zero-order valence-corrected chi connectivity index (χ0v) is 11.0. The zero-order chi connectivity index (χ0) is 14.0. The maximum Gasteiger partial charge on any atom is 0.330 e. The number of aliphatic hydroxyl groups excluding tert-OH is 1. The summed E-state index contributed by atoms with van der Waals surface area (Å²) in [5.74, 6) is 4.80. The van der Waals surface area contributed by atoms with Crippen molar-refractivity contribution in [2.75, 3.05) is 20.3 Å². The number of rotatable bonds is 7. The van der Waals surface area contributed by atoms with Crippen molar-refractivity contribution in [2.24, 2.45) is 21.9 Å². The van der Waals surface area contributed by atoms with E-state index in [-0.39, 0.29) is 25.0 Å². The second-order valence-electron chi connectivity index (χ2n) is 3.88. The molecule has 1 atom stereocenters. The monoisotopic (exact) mass is 259 g/mol. The van der Waals surface area contributed by atoms with Crippen molar-refractivity contribution in [1.29, 1.82) is 0 Å². The van der Waals surface area contributed by atoms with Gasteiger partial charge in [0.2, 0.25) is 5.90 Å². The van der Waals surface area contributed by atoms with Gasteiger partial charge in [0.1, 0.15) is 6.04 Å². The van der Waals surface area contributed by atoms with Crippen LogP contribution in [0.3, 0.4) is 0 Å². The standard InChI is InChI=1S/C11H21N3O4/c1-8(2)10(11(16)17-3)13-7-9(14-12)18-6-4-5-15/h7-8,10,15H,4-6,12H2,1-3H3. The normalized spacial score (nSPS) is 13.9. The maximum absolute atomic E-state index is 11.4. The van der Waals surface area contributed by atoms with Crippen molar-refractivity contribution in [1.82, 2.24) is 0 Å². The summed E-state index contributed by atoms with van der Waals surface area (Å²) in [6, 6.07) is -0.617. The van der Waals surface area contributed by atoms with Crippen LogP contribution in [-0.2, 0) is 14.3 Å². The van der Waals surface area contributed by atoms with Crippen molar-refractivity contribution < 1.29 is 19.4 Å². The second-order valence-corrected chi connectivity index (χ2v) is 3.88. The van der Waals surface area contributed by atoms with Crippen LogP contribution in [0.2, 0.25) is 0 Å². The lowest BCUT2D eigenvalue weighted by atomic mass is 10.1. The number of carbonyl (C=O) groups excluding carboxylic acids is 1. The summed E-state index contributed by atoms with van der Waals surface area (Å²) in [4.78, 5) is 15.5. The first-order valence-corrected chi connectivity index (χ1v) is 5.69. The summed E-state index contributed by atoms with van der Waals surface area (Å²) in [5.41, 5.74) is 0. The molecule has 0 fully saturated rings. The van der Waals surface area contributed by atoms with Crippen LogP contribution in [0, 0.1) is 5.92 Å². The second kappa shape index (κ2) is 9.41. The first kappa shape index (κ1) is 16.4. The molecule has 0 spiro atoms. The Hall–Kier alpha value is -1.63. The summed E-state index contributed by atoms with van der Waals surface area (Å²) in [5, 5.41) is 12.0. The molecule has 7 heteroatoms. The van der Waals surface area contributed by atoms with Gasteiger partial charge in [-0.3, -0.25) is 4.99 Å². The number of nitrogens with two attached hydrogens (primary N) is 1. The molecule has 0 aromatic rings. The predicted octanol–water partition coefficient (Wildman–Crippen LogP) is -0.0740. The first-order chi connectivity index (χ1) is 8.56. The summed E-state index contributed by atoms with van der Waals surface area (Å²) in [6.07, 6.45) is 1.76.